The molecule has 1 atom stereocenters. The van der Waals surface area contributed by atoms with Gasteiger partial charge in [-0.25, -0.2) is 9.67 Å². The fourth-order valence-corrected chi connectivity index (χ4v) is 3.01. The van der Waals surface area contributed by atoms with Gasteiger partial charge in [0.25, 0.3) is 0 Å². The average Bonchev–Trinajstić information content (AvgIpc) is 3.30. The van der Waals surface area contributed by atoms with Crippen molar-refractivity contribution in [3.63, 3.8) is 0 Å². The lowest BCUT2D eigenvalue weighted by atomic mass is 10.0. The van der Waals surface area contributed by atoms with Gasteiger partial charge < -0.3 is 5.32 Å². The summed E-state index contributed by atoms with van der Waals surface area (Å²) >= 11 is 0. The van der Waals surface area contributed by atoms with Crippen molar-refractivity contribution in [3.05, 3.63) is 47.5 Å². The highest BCUT2D eigenvalue weighted by atomic mass is 16.1. The van der Waals surface area contributed by atoms with Gasteiger partial charge in [0.15, 0.2) is 0 Å². The Morgan fingerprint density at radius 3 is 2.58 bits per heavy atom. The molecular weight excluding hydrogens is 300 g/mol. The number of carbonyl (C=O) groups is 1. The number of aryl methyl sites for hydroxylation is 1. The average molecular weight is 326 g/mol. The molecule has 1 amide bonds. The lowest BCUT2D eigenvalue weighted by Crippen LogP contribution is -2.33. The molecule has 1 N–H and O–H groups in total. The van der Waals surface area contributed by atoms with E-state index in [1.807, 2.05) is 11.6 Å². The third kappa shape index (κ3) is 3.83. The Labute approximate surface area is 143 Å². The summed E-state index contributed by atoms with van der Waals surface area (Å²) < 4.78 is 1.88. The summed E-state index contributed by atoms with van der Waals surface area (Å²) in [6, 6.07) is 8.30. The van der Waals surface area contributed by atoms with E-state index >= 15 is 0 Å². The minimum atomic E-state index is -0.0186. The van der Waals surface area contributed by atoms with Crippen LogP contribution in [-0.4, -0.2) is 20.7 Å². The minimum absolute atomic E-state index is 0.0186. The van der Waals surface area contributed by atoms with Gasteiger partial charge in [0, 0.05) is 6.54 Å². The van der Waals surface area contributed by atoms with Crippen LogP contribution in [0.2, 0.25) is 0 Å². The van der Waals surface area contributed by atoms with Crippen LogP contribution >= 0.6 is 0 Å². The maximum Gasteiger partial charge on any atom is 0.225 e. The van der Waals surface area contributed by atoms with Crippen LogP contribution in [0.3, 0.4) is 0 Å². The predicted molar refractivity (Wildman–Crippen MR) is 93.5 cm³/mol. The molecule has 0 aliphatic heterocycles. The molecule has 128 valence electrons. The zero-order valence-corrected chi connectivity index (χ0v) is 14.7. The second-order valence-electron chi connectivity index (χ2n) is 6.89. The normalized spacial score (nSPS) is 15.5. The number of carbonyl (C=O) groups excluding carboxylic acids is 1. The fourth-order valence-electron chi connectivity index (χ4n) is 3.01. The van der Waals surface area contributed by atoms with Gasteiger partial charge in [-0.1, -0.05) is 38.1 Å². The maximum absolute atomic E-state index is 12.5. The molecule has 5 heteroatoms. The molecule has 1 saturated carbocycles. The van der Waals surface area contributed by atoms with Crippen molar-refractivity contribution in [1.29, 1.82) is 0 Å². The van der Waals surface area contributed by atoms with Gasteiger partial charge in [-0.05, 0) is 42.7 Å². The Morgan fingerprint density at radius 2 is 2.00 bits per heavy atom. The van der Waals surface area contributed by atoms with E-state index in [0.717, 1.165) is 30.8 Å². The first-order chi connectivity index (χ1) is 11.6. The number of nitrogens with one attached hydrogen (secondary N) is 1. The molecule has 5 nitrogen and oxygen atoms in total. The summed E-state index contributed by atoms with van der Waals surface area (Å²) in [5.74, 6) is 1.93. The van der Waals surface area contributed by atoms with E-state index in [4.69, 9.17) is 0 Å². The van der Waals surface area contributed by atoms with Crippen LogP contribution < -0.4 is 5.32 Å². The van der Waals surface area contributed by atoms with Crippen molar-refractivity contribution >= 4 is 5.91 Å². The highest BCUT2D eigenvalue weighted by Crippen LogP contribution is 2.40. The number of benzene rings is 1. The molecule has 0 unspecified atom stereocenters. The van der Waals surface area contributed by atoms with Crippen LogP contribution in [0, 0.1) is 5.92 Å². The van der Waals surface area contributed by atoms with E-state index in [0.29, 0.717) is 18.3 Å². The molecule has 24 heavy (non-hydrogen) atoms. The molecule has 0 bridgehead atoms. The van der Waals surface area contributed by atoms with Gasteiger partial charge in [0.05, 0.1) is 12.5 Å². The molecule has 1 heterocycles. The zero-order chi connectivity index (χ0) is 17.1. The number of nitrogens with zero attached hydrogens (tertiary/aromatic N) is 3. The number of aromatic nitrogens is 3. The van der Waals surface area contributed by atoms with Crippen molar-refractivity contribution in [3.8, 4) is 0 Å². The van der Waals surface area contributed by atoms with E-state index in [9.17, 15) is 4.79 Å². The summed E-state index contributed by atoms with van der Waals surface area (Å²) in [4.78, 5) is 16.9. The summed E-state index contributed by atoms with van der Waals surface area (Å²) in [6.45, 7) is 7.16. The second-order valence-corrected chi connectivity index (χ2v) is 6.89. The lowest BCUT2D eigenvalue weighted by molar-refractivity contribution is -0.121. The molecule has 0 saturated heterocycles. The molecule has 2 aromatic rings. The monoisotopic (exact) mass is 326 g/mol. The number of hydrogen-bond donors (Lipinski definition) is 1. The van der Waals surface area contributed by atoms with Gasteiger partial charge in [0.2, 0.25) is 5.91 Å². The van der Waals surface area contributed by atoms with Crippen LogP contribution in [-0.2, 0) is 17.8 Å². The quantitative estimate of drug-likeness (QED) is 0.850. The van der Waals surface area contributed by atoms with E-state index in [1.165, 1.54) is 5.56 Å². The SMILES string of the molecule is CCn1ncnc1[C@@H](NC(=O)Cc1ccc(C(C)C)cc1)C1CC1. The van der Waals surface area contributed by atoms with Crippen molar-refractivity contribution in [1.82, 2.24) is 20.1 Å². The standard InChI is InChI=1S/C19H26N4O/c1-4-23-19(20-12-21-23)18(16-9-10-16)22-17(24)11-14-5-7-15(8-6-14)13(2)3/h5-8,12-13,16,18H,4,9-11H2,1-3H3,(H,22,24)/t18-/m0/s1. The zero-order valence-electron chi connectivity index (χ0n) is 14.7. The molecule has 1 fully saturated rings. The van der Waals surface area contributed by atoms with E-state index in [1.54, 1.807) is 6.33 Å². The van der Waals surface area contributed by atoms with Crippen LogP contribution in [0.5, 0.6) is 0 Å². The summed E-state index contributed by atoms with van der Waals surface area (Å²) in [6.07, 6.45) is 4.27. The van der Waals surface area contributed by atoms with Crippen molar-refractivity contribution in [2.75, 3.05) is 0 Å². The topological polar surface area (TPSA) is 59.8 Å². The minimum Gasteiger partial charge on any atom is -0.346 e. The van der Waals surface area contributed by atoms with Crippen molar-refractivity contribution in [2.24, 2.45) is 5.92 Å². The molecule has 1 aromatic carbocycles. The number of rotatable bonds is 7. The highest BCUT2D eigenvalue weighted by molar-refractivity contribution is 5.79. The number of amides is 1. The molecule has 3 rings (SSSR count). The van der Waals surface area contributed by atoms with Crippen LogP contribution in [0.15, 0.2) is 30.6 Å². The van der Waals surface area contributed by atoms with Gasteiger partial charge in [-0.2, -0.15) is 5.10 Å². The third-order valence-corrected chi connectivity index (χ3v) is 4.64. The Kier molecular flexibility index (Phi) is 4.97. The van der Waals surface area contributed by atoms with Gasteiger partial charge in [0.1, 0.15) is 12.2 Å². The Balaban J connectivity index is 1.66. The first-order valence-corrected chi connectivity index (χ1v) is 8.84. The van der Waals surface area contributed by atoms with Crippen molar-refractivity contribution in [2.45, 2.75) is 58.5 Å². The first kappa shape index (κ1) is 16.7. The fraction of sp³-hybridized carbons (Fsp3) is 0.526. The molecule has 1 aliphatic rings. The first-order valence-electron chi connectivity index (χ1n) is 8.84. The summed E-state index contributed by atoms with van der Waals surface area (Å²) in [5, 5.41) is 7.42. The smallest absolute Gasteiger partial charge is 0.225 e. The molecule has 1 aromatic heterocycles. The Morgan fingerprint density at radius 1 is 1.29 bits per heavy atom. The van der Waals surface area contributed by atoms with Crippen LogP contribution in [0.25, 0.3) is 0 Å². The third-order valence-electron chi connectivity index (χ3n) is 4.64. The van der Waals surface area contributed by atoms with Gasteiger partial charge >= 0.3 is 0 Å². The number of hydrogen-bond acceptors (Lipinski definition) is 3. The molecule has 1 aliphatic carbocycles. The predicted octanol–water partition coefficient (Wildman–Crippen LogP) is 3.23. The summed E-state index contributed by atoms with van der Waals surface area (Å²) in [5.41, 5.74) is 2.34. The van der Waals surface area contributed by atoms with Gasteiger partial charge in [-0.15, -0.1) is 0 Å². The van der Waals surface area contributed by atoms with Gasteiger partial charge in [-0.3, -0.25) is 4.79 Å². The van der Waals surface area contributed by atoms with Crippen molar-refractivity contribution < 1.29 is 4.79 Å². The van der Waals surface area contributed by atoms with Crippen LogP contribution in [0.4, 0.5) is 0 Å². The Hall–Kier alpha value is -2.17. The largest absolute Gasteiger partial charge is 0.346 e. The van der Waals surface area contributed by atoms with E-state index in [2.05, 4.69) is 53.5 Å². The van der Waals surface area contributed by atoms with E-state index < -0.39 is 0 Å². The maximum atomic E-state index is 12.5. The van der Waals surface area contributed by atoms with Crippen LogP contribution in [0.1, 0.15) is 62.5 Å². The second kappa shape index (κ2) is 7.16. The summed E-state index contributed by atoms with van der Waals surface area (Å²) in [7, 11) is 0. The van der Waals surface area contributed by atoms with E-state index in [-0.39, 0.29) is 11.9 Å². The lowest BCUT2D eigenvalue weighted by Gasteiger charge is -2.18. The highest BCUT2D eigenvalue weighted by Gasteiger charge is 2.36. The molecule has 0 spiro atoms. The molecule has 0 radical (unpaired) electrons. The molecular formula is C19H26N4O. The Bertz CT molecular complexity index is 686.